The van der Waals surface area contributed by atoms with Gasteiger partial charge in [-0.05, 0) is 104 Å². The van der Waals surface area contributed by atoms with E-state index in [2.05, 4.69) is 30.0 Å². The van der Waals surface area contributed by atoms with Crippen molar-refractivity contribution in [2.45, 2.75) is 95.3 Å². The molecule has 0 aliphatic heterocycles. The van der Waals surface area contributed by atoms with Crippen LogP contribution in [0.4, 0.5) is 15.3 Å². The maximum Gasteiger partial charge on any atom is 0.519 e. The van der Waals surface area contributed by atoms with Gasteiger partial charge in [0.05, 0.1) is 6.42 Å². The number of carbonyl (C=O) groups is 3. The summed E-state index contributed by atoms with van der Waals surface area (Å²) in [6.07, 6.45) is -1.81. The van der Waals surface area contributed by atoms with E-state index in [-0.39, 0.29) is 5.97 Å². The third-order valence-electron chi connectivity index (χ3n) is 3.54. The van der Waals surface area contributed by atoms with Gasteiger partial charge in [-0.25, -0.2) is 9.59 Å². The molecule has 0 spiro atoms. The van der Waals surface area contributed by atoms with Crippen molar-refractivity contribution < 1.29 is 33.3 Å². The number of nitrogen functional groups attached to an aromatic ring is 1. The highest BCUT2D eigenvalue weighted by atomic mass is 32.1. The molecular formula is C28H41NO7S2. The predicted octanol–water partition coefficient (Wildman–Crippen LogP) is 7.29. The third-order valence-corrected chi connectivity index (χ3v) is 4.14. The monoisotopic (exact) mass is 567 g/mol. The van der Waals surface area contributed by atoms with Gasteiger partial charge in [0.1, 0.15) is 16.8 Å². The summed E-state index contributed by atoms with van der Waals surface area (Å²) >= 11 is 8.25. The van der Waals surface area contributed by atoms with Crippen molar-refractivity contribution in [3.8, 4) is 0 Å². The van der Waals surface area contributed by atoms with Crippen LogP contribution in [0.15, 0.2) is 58.3 Å². The molecule has 0 radical (unpaired) electrons. The van der Waals surface area contributed by atoms with E-state index in [9.17, 15) is 14.4 Å². The van der Waals surface area contributed by atoms with Crippen LogP contribution in [-0.4, -0.2) is 35.1 Å². The first-order chi connectivity index (χ1) is 17.1. The van der Waals surface area contributed by atoms with Crippen LogP contribution in [0, 0.1) is 0 Å². The van der Waals surface area contributed by atoms with Crippen LogP contribution in [-0.2, 0) is 30.2 Å². The Morgan fingerprint density at radius 3 is 1.29 bits per heavy atom. The van der Waals surface area contributed by atoms with Gasteiger partial charge in [0.15, 0.2) is 0 Å². The number of carbonyl (C=O) groups excluding carboxylic acids is 3. The van der Waals surface area contributed by atoms with Crippen molar-refractivity contribution in [3.05, 3.63) is 54.1 Å². The zero-order valence-corrected chi connectivity index (χ0v) is 25.4. The number of thiol groups is 2. The molecule has 2 rings (SSSR count). The number of esters is 1. The summed E-state index contributed by atoms with van der Waals surface area (Å²) < 4.78 is 19.0. The SMILES string of the molecule is CC(C)(C)OC(=O)Cc1ccc(S)cc1.CC(C)(C)OC(=O)OC(=O)OC(C)(C)C.Nc1ccc(S)cc1. The standard InChI is InChI=1S/C12H16O2S.C10H18O5.C6H7NS/c1-12(2,3)14-11(13)8-9-4-6-10(15)7-5-9;1-9(2,3)14-7(11)13-8(12)15-10(4,5)6;7-5-1-3-6(8)4-2-5/h4-7,15H,8H2,1-3H3;1-6H3;1-4,8H,7H2. The van der Waals surface area contributed by atoms with Crippen LogP contribution in [0.5, 0.6) is 0 Å². The summed E-state index contributed by atoms with van der Waals surface area (Å²) in [5, 5.41) is 0. The summed E-state index contributed by atoms with van der Waals surface area (Å²) in [6.45, 7) is 15.6. The van der Waals surface area contributed by atoms with Crippen molar-refractivity contribution in [3.63, 3.8) is 0 Å². The normalized spacial score (nSPS) is 11.0. The first-order valence-electron chi connectivity index (χ1n) is 11.8. The molecule has 0 saturated heterocycles. The van der Waals surface area contributed by atoms with Crippen molar-refractivity contribution in [1.29, 1.82) is 0 Å². The van der Waals surface area contributed by atoms with E-state index in [0.29, 0.717) is 6.42 Å². The van der Waals surface area contributed by atoms with E-state index in [0.717, 1.165) is 21.0 Å². The van der Waals surface area contributed by atoms with Crippen molar-refractivity contribution >= 4 is 49.2 Å². The first-order valence-corrected chi connectivity index (χ1v) is 12.7. The average Bonchev–Trinajstić information content (AvgIpc) is 2.68. The fraction of sp³-hybridized carbons (Fsp3) is 0.464. The van der Waals surface area contributed by atoms with Gasteiger partial charge in [-0.3, -0.25) is 4.79 Å². The Labute approximate surface area is 237 Å². The van der Waals surface area contributed by atoms with Crippen LogP contribution in [0.2, 0.25) is 0 Å². The molecule has 0 unspecified atom stereocenters. The van der Waals surface area contributed by atoms with Gasteiger partial charge < -0.3 is 24.7 Å². The minimum absolute atomic E-state index is 0.200. The summed E-state index contributed by atoms with van der Waals surface area (Å²) in [4.78, 5) is 35.3. The van der Waals surface area contributed by atoms with E-state index in [1.807, 2.05) is 69.3 Å². The molecule has 8 nitrogen and oxygen atoms in total. The highest BCUT2D eigenvalue weighted by molar-refractivity contribution is 7.80. The van der Waals surface area contributed by atoms with Crippen LogP contribution in [0.3, 0.4) is 0 Å². The molecule has 0 aliphatic rings. The molecule has 0 aromatic heterocycles. The maximum absolute atomic E-state index is 11.5. The number of benzene rings is 2. The molecule has 10 heteroatoms. The van der Waals surface area contributed by atoms with Crippen molar-refractivity contribution in [2.75, 3.05) is 5.73 Å². The number of hydrogen-bond acceptors (Lipinski definition) is 10. The molecular weight excluding hydrogens is 526 g/mol. The lowest BCUT2D eigenvalue weighted by Crippen LogP contribution is -2.29. The number of anilines is 1. The Morgan fingerprint density at radius 1 is 0.632 bits per heavy atom. The van der Waals surface area contributed by atoms with Gasteiger partial charge in [0, 0.05) is 15.5 Å². The Morgan fingerprint density at radius 2 is 0.974 bits per heavy atom. The smallest absolute Gasteiger partial charge is 0.460 e. The Hall–Kier alpha value is -2.85. The highest BCUT2D eigenvalue weighted by Gasteiger charge is 2.24. The quantitative estimate of drug-likeness (QED) is 0.114. The van der Waals surface area contributed by atoms with Gasteiger partial charge in [-0.1, -0.05) is 12.1 Å². The van der Waals surface area contributed by atoms with E-state index >= 15 is 0 Å². The van der Waals surface area contributed by atoms with Gasteiger partial charge in [0.2, 0.25) is 0 Å². The molecule has 2 aromatic rings. The molecule has 0 saturated carbocycles. The molecule has 0 bridgehead atoms. The fourth-order valence-corrected chi connectivity index (χ4v) is 2.54. The van der Waals surface area contributed by atoms with E-state index in [1.165, 1.54) is 0 Å². The first kappa shape index (κ1) is 35.2. The number of rotatable bonds is 2. The van der Waals surface area contributed by atoms with Crippen LogP contribution < -0.4 is 5.73 Å². The minimum atomic E-state index is -1.06. The molecule has 2 aromatic carbocycles. The summed E-state index contributed by atoms with van der Waals surface area (Å²) in [7, 11) is 0. The van der Waals surface area contributed by atoms with Crippen molar-refractivity contribution in [2.24, 2.45) is 0 Å². The lowest BCUT2D eigenvalue weighted by Gasteiger charge is -2.20. The molecule has 0 amide bonds. The summed E-state index contributed by atoms with van der Waals surface area (Å²) in [5.41, 5.74) is 5.31. The molecule has 0 heterocycles. The van der Waals surface area contributed by atoms with Gasteiger partial charge in [-0.2, -0.15) is 0 Å². The second-order valence-corrected chi connectivity index (χ2v) is 12.1. The van der Waals surface area contributed by atoms with Crippen LogP contribution >= 0.6 is 25.3 Å². The average molecular weight is 568 g/mol. The third kappa shape index (κ3) is 21.3. The number of nitrogens with two attached hydrogens (primary N) is 1. The van der Waals surface area contributed by atoms with E-state index in [4.69, 9.17) is 19.9 Å². The Balaban J connectivity index is 0.000000565. The Bertz CT molecular complexity index is 971. The predicted molar refractivity (Wildman–Crippen MR) is 155 cm³/mol. The largest absolute Gasteiger partial charge is 0.519 e. The highest BCUT2D eigenvalue weighted by Crippen LogP contribution is 2.13. The zero-order chi connectivity index (χ0) is 29.7. The molecule has 0 atom stereocenters. The summed E-state index contributed by atoms with van der Waals surface area (Å²) in [5.74, 6) is -0.200. The summed E-state index contributed by atoms with van der Waals surface area (Å²) in [6, 6.07) is 14.9. The topological polar surface area (TPSA) is 114 Å². The van der Waals surface area contributed by atoms with Crippen molar-refractivity contribution in [1.82, 2.24) is 0 Å². The van der Waals surface area contributed by atoms with Crippen LogP contribution in [0.25, 0.3) is 0 Å². The lowest BCUT2D eigenvalue weighted by molar-refractivity contribution is -0.153. The maximum atomic E-state index is 11.5. The second-order valence-electron chi connectivity index (χ2n) is 11.1. The van der Waals surface area contributed by atoms with Gasteiger partial charge >= 0.3 is 18.3 Å². The van der Waals surface area contributed by atoms with Gasteiger partial charge in [0.25, 0.3) is 0 Å². The fourth-order valence-electron chi connectivity index (χ4n) is 2.24. The van der Waals surface area contributed by atoms with Crippen LogP contribution in [0.1, 0.15) is 67.9 Å². The molecule has 0 fully saturated rings. The lowest BCUT2D eigenvalue weighted by atomic mass is 10.1. The van der Waals surface area contributed by atoms with Gasteiger partial charge in [-0.15, -0.1) is 25.3 Å². The zero-order valence-electron chi connectivity index (χ0n) is 23.7. The second kappa shape index (κ2) is 15.5. The van der Waals surface area contributed by atoms with E-state index < -0.39 is 29.1 Å². The molecule has 38 heavy (non-hydrogen) atoms. The number of ether oxygens (including phenoxy) is 4. The Kier molecular flexibility index (Phi) is 14.4. The molecule has 0 aliphatic carbocycles. The minimum Gasteiger partial charge on any atom is -0.460 e. The van der Waals surface area contributed by atoms with E-state index in [1.54, 1.807) is 41.5 Å². The molecule has 2 N–H and O–H groups in total. The number of hydrogen-bond donors (Lipinski definition) is 3. The molecule has 212 valence electrons.